The summed E-state index contributed by atoms with van der Waals surface area (Å²) in [6, 6.07) is 0. The van der Waals surface area contributed by atoms with Crippen molar-refractivity contribution in [2.24, 2.45) is 10.4 Å². The van der Waals surface area contributed by atoms with Crippen molar-refractivity contribution < 1.29 is 4.74 Å². The minimum Gasteiger partial charge on any atom is -0.380 e. The average molecular weight is 424 g/mol. The zero-order chi connectivity index (χ0) is 14.4. The third-order valence-electron chi connectivity index (χ3n) is 3.39. The van der Waals surface area contributed by atoms with Gasteiger partial charge in [0.1, 0.15) is 0 Å². The summed E-state index contributed by atoms with van der Waals surface area (Å²) in [5.41, 5.74) is 0.253. The molecule has 2 heterocycles. The number of halogens is 1. The van der Waals surface area contributed by atoms with Crippen LogP contribution in [0.2, 0.25) is 0 Å². The number of aliphatic imine (C=N–C) groups is 1. The van der Waals surface area contributed by atoms with Crippen molar-refractivity contribution in [1.29, 1.82) is 0 Å². The molecule has 1 aliphatic heterocycles. The normalized spacial score (nSPS) is 16.8. The van der Waals surface area contributed by atoms with Gasteiger partial charge < -0.3 is 15.4 Å². The molecule has 2 rings (SSSR count). The smallest absolute Gasteiger partial charge is 0.191 e. The van der Waals surface area contributed by atoms with Crippen LogP contribution in [0.15, 0.2) is 11.2 Å². The van der Waals surface area contributed by atoms with Gasteiger partial charge in [-0.3, -0.25) is 4.99 Å². The molecule has 1 aromatic rings. The first-order valence-electron chi connectivity index (χ1n) is 7.11. The molecular weight excluding hydrogens is 399 g/mol. The van der Waals surface area contributed by atoms with Gasteiger partial charge in [0, 0.05) is 43.0 Å². The van der Waals surface area contributed by atoms with E-state index in [1.165, 1.54) is 9.88 Å². The molecule has 0 saturated carbocycles. The van der Waals surface area contributed by atoms with E-state index in [0.29, 0.717) is 0 Å². The van der Waals surface area contributed by atoms with E-state index in [1.54, 1.807) is 18.4 Å². The number of hydrogen-bond donors (Lipinski definition) is 2. The van der Waals surface area contributed by atoms with Crippen LogP contribution in [-0.4, -0.2) is 44.3 Å². The van der Waals surface area contributed by atoms with Gasteiger partial charge in [0.2, 0.25) is 0 Å². The molecule has 21 heavy (non-hydrogen) atoms. The van der Waals surface area contributed by atoms with Gasteiger partial charge >= 0.3 is 0 Å². The Morgan fingerprint density at radius 3 is 2.76 bits per heavy atom. The van der Waals surface area contributed by atoms with Crippen molar-refractivity contribution in [3.8, 4) is 0 Å². The lowest BCUT2D eigenvalue weighted by atomic mass is 9.89. The van der Waals surface area contributed by atoms with Crippen LogP contribution >= 0.6 is 35.3 Å². The molecule has 1 fully saturated rings. The quantitative estimate of drug-likeness (QED) is 0.417. The van der Waals surface area contributed by atoms with Crippen molar-refractivity contribution in [3.05, 3.63) is 16.1 Å². The second-order valence-electron chi connectivity index (χ2n) is 5.48. The highest BCUT2D eigenvalue weighted by Gasteiger charge is 2.33. The molecule has 5 nitrogen and oxygen atoms in total. The van der Waals surface area contributed by atoms with Crippen LogP contribution < -0.4 is 10.6 Å². The second kappa shape index (κ2) is 8.89. The van der Waals surface area contributed by atoms with Gasteiger partial charge in [0.25, 0.3) is 0 Å². The van der Waals surface area contributed by atoms with E-state index in [1.807, 2.05) is 6.20 Å². The number of nitrogens with zero attached hydrogens (tertiary/aromatic N) is 2. The molecular formula is C14H25IN4OS. The monoisotopic (exact) mass is 424 g/mol. The summed E-state index contributed by atoms with van der Waals surface area (Å²) < 4.78 is 5.25. The number of aryl methyl sites for hydroxylation is 1. The lowest BCUT2D eigenvalue weighted by molar-refractivity contribution is -0.0971. The molecule has 120 valence electrons. The Hall–Kier alpha value is -0.410. The number of thiazole rings is 1. The van der Waals surface area contributed by atoms with Crippen LogP contribution in [0.25, 0.3) is 0 Å². The number of guanidine groups is 1. The standard InChI is InChI=1S/C14H24N4OS.HI/c1-4-11-7-17-12(20-11)5-6-16-13(15-3)18-8-14(2)9-19-10-14;/h7H,4-6,8-10H2,1-3H3,(H2,15,16,18);1H. The van der Waals surface area contributed by atoms with Crippen molar-refractivity contribution in [2.45, 2.75) is 26.7 Å². The van der Waals surface area contributed by atoms with Gasteiger partial charge in [0.05, 0.1) is 18.2 Å². The van der Waals surface area contributed by atoms with Crippen LogP contribution in [0.4, 0.5) is 0 Å². The van der Waals surface area contributed by atoms with Crippen LogP contribution in [0, 0.1) is 5.41 Å². The van der Waals surface area contributed by atoms with Crippen molar-refractivity contribution in [2.75, 3.05) is 33.4 Å². The Morgan fingerprint density at radius 2 is 2.24 bits per heavy atom. The summed E-state index contributed by atoms with van der Waals surface area (Å²) in [6.45, 7) is 7.78. The van der Waals surface area contributed by atoms with E-state index < -0.39 is 0 Å². The molecule has 7 heteroatoms. The van der Waals surface area contributed by atoms with E-state index in [0.717, 1.165) is 45.1 Å². The van der Waals surface area contributed by atoms with Crippen LogP contribution in [0.1, 0.15) is 23.7 Å². The Labute approximate surface area is 148 Å². The first-order valence-corrected chi connectivity index (χ1v) is 7.93. The van der Waals surface area contributed by atoms with Crippen molar-refractivity contribution >= 4 is 41.3 Å². The Bertz CT molecular complexity index is 460. The van der Waals surface area contributed by atoms with Crippen LogP contribution in [0.5, 0.6) is 0 Å². The van der Waals surface area contributed by atoms with Crippen molar-refractivity contribution in [3.63, 3.8) is 0 Å². The summed E-state index contributed by atoms with van der Waals surface area (Å²) >= 11 is 1.79. The molecule has 0 atom stereocenters. The van der Waals surface area contributed by atoms with E-state index >= 15 is 0 Å². The molecule has 0 aliphatic carbocycles. The lowest BCUT2D eigenvalue weighted by Gasteiger charge is -2.38. The van der Waals surface area contributed by atoms with Gasteiger partial charge in [-0.2, -0.15) is 0 Å². The SMILES string of the molecule is CCc1cnc(CCNC(=NC)NCC2(C)COC2)s1.I. The topological polar surface area (TPSA) is 58.5 Å². The predicted octanol–water partition coefficient (Wildman–Crippen LogP) is 2.07. The fourth-order valence-electron chi connectivity index (χ4n) is 1.99. The predicted molar refractivity (Wildman–Crippen MR) is 98.9 cm³/mol. The van der Waals surface area contributed by atoms with Crippen molar-refractivity contribution in [1.82, 2.24) is 15.6 Å². The van der Waals surface area contributed by atoms with Crippen LogP contribution in [0.3, 0.4) is 0 Å². The van der Waals surface area contributed by atoms with Gasteiger partial charge in [-0.05, 0) is 6.42 Å². The maximum atomic E-state index is 5.25. The molecule has 0 unspecified atom stereocenters. The Morgan fingerprint density at radius 1 is 1.48 bits per heavy atom. The highest BCUT2D eigenvalue weighted by Crippen LogP contribution is 2.24. The van der Waals surface area contributed by atoms with Gasteiger partial charge in [0.15, 0.2) is 5.96 Å². The Balaban J connectivity index is 0.00000220. The molecule has 1 aliphatic rings. The maximum Gasteiger partial charge on any atom is 0.191 e. The maximum absolute atomic E-state index is 5.25. The van der Waals surface area contributed by atoms with E-state index in [-0.39, 0.29) is 29.4 Å². The highest BCUT2D eigenvalue weighted by molar-refractivity contribution is 14.0. The van der Waals surface area contributed by atoms with Gasteiger partial charge in [-0.1, -0.05) is 13.8 Å². The Kier molecular flexibility index (Phi) is 7.89. The van der Waals surface area contributed by atoms with Gasteiger partial charge in [-0.15, -0.1) is 35.3 Å². The number of rotatable bonds is 6. The van der Waals surface area contributed by atoms with Gasteiger partial charge in [-0.25, -0.2) is 4.98 Å². The van der Waals surface area contributed by atoms with Crippen LogP contribution in [-0.2, 0) is 17.6 Å². The average Bonchev–Trinajstić information content (AvgIpc) is 2.88. The summed E-state index contributed by atoms with van der Waals surface area (Å²) in [4.78, 5) is 10.0. The first-order chi connectivity index (χ1) is 9.65. The highest BCUT2D eigenvalue weighted by atomic mass is 127. The lowest BCUT2D eigenvalue weighted by Crippen LogP contribution is -2.51. The number of hydrogen-bond acceptors (Lipinski definition) is 4. The summed E-state index contributed by atoms with van der Waals surface area (Å²) in [7, 11) is 1.80. The fraction of sp³-hybridized carbons (Fsp3) is 0.714. The van der Waals surface area contributed by atoms with E-state index in [9.17, 15) is 0 Å². The minimum absolute atomic E-state index is 0. The second-order valence-corrected chi connectivity index (χ2v) is 6.68. The largest absolute Gasteiger partial charge is 0.380 e. The first kappa shape index (κ1) is 18.6. The summed E-state index contributed by atoms with van der Waals surface area (Å²) in [5.74, 6) is 0.852. The number of nitrogens with one attached hydrogen (secondary N) is 2. The molecule has 0 amide bonds. The third-order valence-corrected chi connectivity index (χ3v) is 4.59. The number of ether oxygens (including phenoxy) is 1. The fourth-order valence-corrected chi connectivity index (χ4v) is 2.85. The molecule has 1 saturated heterocycles. The van der Waals surface area contributed by atoms with E-state index in [2.05, 4.69) is 34.5 Å². The zero-order valence-electron chi connectivity index (χ0n) is 12.9. The molecule has 0 spiro atoms. The minimum atomic E-state index is 0. The molecule has 2 N–H and O–H groups in total. The molecule has 0 radical (unpaired) electrons. The van der Waals surface area contributed by atoms with E-state index in [4.69, 9.17) is 4.74 Å². The molecule has 0 aromatic carbocycles. The third kappa shape index (κ3) is 5.71. The number of aromatic nitrogens is 1. The zero-order valence-corrected chi connectivity index (χ0v) is 16.1. The summed E-state index contributed by atoms with van der Waals surface area (Å²) in [5, 5.41) is 7.87. The molecule has 1 aromatic heterocycles. The summed E-state index contributed by atoms with van der Waals surface area (Å²) in [6.07, 6.45) is 3.98. The molecule has 0 bridgehead atoms.